The maximum absolute atomic E-state index is 13.2. The van der Waals surface area contributed by atoms with Gasteiger partial charge in [0.05, 0.1) is 28.2 Å². The fraction of sp³-hybridized carbons (Fsp3) is 0.167. The Morgan fingerprint density at radius 1 is 1.43 bits per heavy atom. The molecule has 0 radical (unpaired) electrons. The Morgan fingerprint density at radius 3 is 2.67 bits per heavy atom. The van der Waals surface area contributed by atoms with Crippen molar-refractivity contribution in [3.63, 3.8) is 0 Å². The van der Waals surface area contributed by atoms with Crippen molar-refractivity contribution in [2.45, 2.75) is 13.5 Å². The van der Waals surface area contributed by atoms with Gasteiger partial charge in [0.25, 0.3) is 11.6 Å². The van der Waals surface area contributed by atoms with Crippen LogP contribution in [0.2, 0.25) is 0 Å². The van der Waals surface area contributed by atoms with E-state index in [9.17, 15) is 23.7 Å². The fourth-order valence-corrected chi connectivity index (χ4v) is 2.24. The van der Waals surface area contributed by atoms with Crippen LogP contribution < -0.4 is 5.32 Å². The highest BCUT2D eigenvalue weighted by Crippen LogP contribution is 2.22. The van der Waals surface area contributed by atoms with Crippen molar-refractivity contribution in [3.05, 3.63) is 55.5 Å². The zero-order chi connectivity index (χ0) is 15.6. The van der Waals surface area contributed by atoms with E-state index in [1.165, 1.54) is 11.3 Å². The van der Waals surface area contributed by atoms with E-state index in [-0.39, 0.29) is 6.54 Å². The van der Waals surface area contributed by atoms with Crippen LogP contribution in [0.5, 0.6) is 0 Å². The molecule has 0 saturated heterocycles. The minimum Gasteiger partial charge on any atom is -0.346 e. The average Bonchev–Trinajstić information content (AvgIpc) is 2.84. The molecule has 0 bridgehead atoms. The van der Waals surface area contributed by atoms with E-state index < -0.39 is 33.7 Å². The molecule has 1 aromatic carbocycles. The summed E-state index contributed by atoms with van der Waals surface area (Å²) in [5.41, 5.74) is -0.747. The second kappa shape index (κ2) is 5.92. The number of nitrogens with zero attached hydrogens (tertiary/aromatic N) is 2. The number of nitrogens with one attached hydrogen (secondary N) is 1. The van der Waals surface area contributed by atoms with Gasteiger partial charge >= 0.3 is 0 Å². The lowest BCUT2D eigenvalue weighted by Crippen LogP contribution is -2.24. The van der Waals surface area contributed by atoms with Gasteiger partial charge in [-0.3, -0.25) is 14.9 Å². The Hall–Kier alpha value is -2.42. The molecule has 0 aliphatic carbocycles. The van der Waals surface area contributed by atoms with Crippen LogP contribution in [-0.2, 0) is 6.54 Å². The summed E-state index contributed by atoms with van der Waals surface area (Å²) in [6.45, 7) is 1.83. The first kappa shape index (κ1) is 15.0. The van der Waals surface area contributed by atoms with Gasteiger partial charge in [0.1, 0.15) is 5.56 Å². The number of hydrogen-bond donors (Lipinski definition) is 1. The molecule has 0 saturated carbocycles. The third kappa shape index (κ3) is 3.37. The summed E-state index contributed by atoms with van der Waals surface area (Å²) in [7, 11) is 0. The number of aromatic nitrogens is 1. The Morgan fingerprint density at radius 2 is 2.10 bits per heavy atom. The maximum Gasteiger partial charge on any atom is 0.285 e. The van der Waals surface area contributed by atoms with Crippen LogP contribution in [0.25, 0.3) is 0 Å². The molecule has 21 heavy (non-hydrogen) atoms. The van der Waals surface area contributed by atoms with Gasteiger partial charge in [0, 0.05) is 5.38 Å². The van der Waals surface area contributed by atoms with E-state index in [1.807, 2.05) is 0 Å². The van der Waals surface area contributed by atoms with Gasteiger partial charge in [-0.1, -0.05) is 0 Å². The van der Waals surface area contributed by atoms with Crippen molar-refractivity contribution in [1.29, 1.82) is 0 Å². The summed E-state index contributed by atoms with van der Waals surface area (Å²) in [4.78, 5) is 25.8. The largest absolute Gasteiger partial charge is 0.346 e. The lowest BCUT2D eigenvalue weighted by atomic mass is 10.1. The normalized spacial score (nSPS) is 10.4. The molecule has 6 nitrogen and oxygen atoms in total. The number of amides is 1. The minimum absolute atomic E-state index is 0.0410. The summed E-state index contributed by atoms with van der Waals surface area (Å²) in [5, 5.41) is 15.7. The van der Waals surface area contributed by atoms with Crippen molar-refractivity contribution in [2.24, 2.45) is 0 Å². The van der Waals surface area contributed by atoms with Gasteiger partial charge in [-0.25, -0.2) is 13.8 Å². The number of benzene rings is 1. The monoisotopic (exact) mass is 313 g/mol. The van der Waals surface area contributed by atoms with Crippen LogP contribution in [-0.4, -0.2) is 15.8 Å². The molecule has 0 aliphatic rings. The number of hydrogen-bond acceptors (Lipinski definition) is 5. The van der Waals surface area contributed by atoms with Crippen molar-refractivity contribution in [2.75, 3.05) is 0 Å². The second-order valence-corrected chi connectivity index (χ2v) is 5.14. The topological polar surface area (TPSA) is 85.1 Å². The molecule has 1 N–H and O–H groups in total. The van der Waals surface area contributed by atoms with E-state index in [1.54, 1.807) is 12.3 Å². The molecule has 0 atom stereocenters. The van der Waals surface area contributed by atoms with Gasteiger partial charge < -0.3 is 5.32 Å². The van der Waals surface area contributed by atoms with Crippen molar-refractivity contribution in [3.8, 4) is 0 Å². The Labute approximate surface area is 121 Å². The molecule has 0 unspecified atom stereocenters. The van der Waals surface area contributed by atoms with Crippen LogP contribution >= 0.6 is 11.3 Å². The van der Waals surface area contributed by atoms with Crippen LogP contribution in [0.15, 0.2) is 17.5 Å². The maximum atomic E-state index is 13.2. The average molecular weight is 313 g/mol. The molecule has 2 rings (SSSR count). The van der Waals surface area contributed by atoms with Gasteiger partial charge in [0.2, 0.25) is 0 Å². The quantitative estimate of drug-likeness (QED) is 0.694. The van der Waals surface area contributed by atoms with Crippen LogP contribution in [0.3, 0.4) is 0 Å². The molecular formula is C12H9F2N3O3S. The first-order valence-corrected chi connectivity index (χ1v) is 6.59. The highest BCUT2D eigenvalue weighted by molar-refractivity contribution is 7.09. The summed E-state index contributed by atoms with van der Waals surface area (Å²) >= 11 is 1.38. The SMILES string of the molecule is Cc1nc(CNC(=O)c2cc(F)c(F)cc2[N+](=O)[O-])cs1. The first-order chi connectivity index (χ1) is 9.88. The number of carbonyl (C=O) groups is 1. The van der Waals surface area contributed by atoms with Crippen LogP contribution in [0.1, 0.15) is 21.1 Å². The minimum atomic E-state index is -1.38. The van der Waals surface area contributed by atoms with E-state index in [0.29, 0.717) is 17.8 Å². The molecule has 2 aromatic rings. The Balaban J connectivity index is 2.22. The molecule has 0 fully saturated rings. The van der Waals surface area contributed by atoms with Crippen LogP contribution in [0, 0.1) is 28.7 Å². The molecule has 1 amide bonds. The predicted octanol–water partition coefficient (Wildman–Crippen LogP) is 2.57. The lowest BCUT2D eigenvalue weighted by Gasteiger charge is -2.05. The Kier molecular flexibility index (Phi) is 4.22. The fourth-order valence-electron chi connectivity index (χ4n) is 1.62. The second-order valence-electron chi connectivity index (χ2n) is 4.08. The van der Waals surface area contributed by atoms with E-state index in [4.69, 9.17) is 0 Å². The summed E-state index contributed by atoms with van der Waals surface area (Å²) in [6.07, 6.45) is 0. The van der Waals surface area contributed by atoms with Gasteiger partial charge in [-0.15, -0.1) is 11.3 Å². The number of carbonyl (C=O) groups excluding carboxylic acids is 1. The number of halogens is 2. The molecule has 1 heterocycles. The standard InChI is InChI=1S/C12H9F2N3O3S/c1-6-16-7(5-21-6)4-15-12(18)8-2-9(13)10(14)3-11(8)17(19)20/h2-3,5H,4H2,1H3,(H,15,18). The third-order valence-corrected chi connectivity index (χ3v) is 3.40. The third-order valence-electron chi connectivity index (χ3n) is 2.58. The zero-order valence-corrected chi connectivity index (χ0v) is 11.5. The van der Waals surface area contributed by atoms with Gasteiger partial charge in [-0.2, -0.15) is 0 Å². The smallest absolute Gasteiger partial charge is 0.285 e. The van der Waals surface area contributed by atoms with Gasteiger partial charge in [0.15, 0.2) is 11.6 Å². The van der Waals surface area contributed by atoms with Crippen molar-refractivity contribution >= 4 is 22.9 Å². The number of rotatable bonds is 4. The first-order valence-electron chi connectivity index (χ1n) is 5.71. The Bertz CT molecular complexity index is 718. The van der Waals surface area contributed by atoms with E-state index in [2.05, 4.69) is 10.3 Å². The summed E-state index contributed by atoms with van der Waals surface area (Å²) < 4.78 is 26.2. The molecule has 1 aromatic heterocycles. The summed E-state index contributed by atoms with van der Waals surface area (Å²) in [5.74, 6) is -3.57. The summed E-state index contributed by atoms with van der Waals surface area (Å²) in [6, 6.07) is 0.895. The van der Waals surface area contributed by atoms with E-state index in [0.717, 1.165) is 5.01 Å². The predicted molar refractivity (Wildman–Crippen MR) is 71.0 cm³/mol. The lowest BCUT2D eigenvalue weighted by molar-refractivity contribution is -0.385. The highest BCUT2D eigenvalue weighted by atomic mass is 32.1. The van der Waals surface area contributed by atoms with Crippen molar-refractivity contribution in [1.82, 2.24) is 10.3 Å². The molecule has 0 aliphatic heterocycles. The number of aryl methyl sites for hydroxylation is 1. The van der Waals surface area contributed by atoms with E-state index >= 15 is 0 Å². The molecular weight excluding hydrogens is 304 g/mol. The zero-order valence-electron chi connectivity index (χ0n) is 10.7. The molecule has 0 spiro atoms. The number of thiazole rings is 1. The molecule has 110 valence electrons. The van der Waals surface area contributed by atoms with Crippen LogP contribution in [0.4, 0.5) is 14.5 Å². The molecule has 9 heteroatoms. The van der Waals surface area contributed by atoms with Crippen molar-refractivity contribution < 1.29 is 18.5 Å². The number of nitro groups is 1. The van der Waals surface area contributed by atoms with Gasteiger partial charge in [-0.05, 0) is 13.0 Å². The highest BCUT2D eigenvalue weighted by Gasteiger charge is 2.23. The number of nitro benzene ring substituents is 1.